The number of aliphatic hydroxyl groups is 1. The molecule has 1 atom stereocenters. The van der Waals surface area contributed by atoms with Crippen molar-refractivity contribution in [2.24, 2.45) is 0 Å². The molecule has 0 saturated carbocycles. The number of hydrogen-bond donors (Lipinski definition) is 1. The highest BCUT2D eigenvalue weighted by Gasteiger charge is 2.46. The van der Waals surface area contributed by atoms with Gasteiger partial charge in [0.2, 0.25) is 10.9 Å². The molecule has 38 heavy (non-hydrogen) atoms. The number of Topliss-reactive ketones (excluding diaryl/α,β-unsaturated/α-hetero) is 1. The molecule has 1 amide bonds. The van der Waals surface area contributed by atoms with Crippen LogP contribution in [0.4, 0.5) is 9.52 Å². The Morgan fingerprint density at radius 2 is 2.00 bits per heavy atom. The van der Waals surface area contributed by atoms with Crippen LogP contribution in [0.2, 0.25) is 0 Å². The summed E-state index contributed by atoms with van der Waals surface area (Å²) < 4.78 is 19.5. The summed E-state index contributed by atoms with van der Waals surface area (Å²) in [7, 11) is 0. The van der Waals surface area contributed by atoms with E-state index in [1.807, 2.05) is 0 Å². The minimum absolute atomic E-state index is 0.0333. The summed E-state index contributed by atoms with van der Waals surface area (Å²) in [5.41, 5.74) is 1.44. The second-order valence-electron chi connectivity index (χ2n) is 8.08. The maximum atomic E-state index is 13.5. The Labute approximate surface area is 229 Å². The number of aromatic nitrogens is 2. The number of thiophene rings is 1. The normalized spacial score (nSPS) is 15.2. The van der Waals surface area contributed by atoms with Gasteiger partial charge >= 0.3 is 0 Å². The van der Waals surface area contributed by atoms with Gasteiger partial charge in [-0.05, 0) is 46.8 Å². The summed E-state index contributed by atoms with van der Waals surface area (Å²) >= 11 is 3.78. The summed E-state index contributed by atoms with van der Waals surface area (Å²) in [5, 5.41) is 21.3. The van der Waals surface area contributed by atoms with Crippen molar-refractivity contribution in [2.45, 2.75) is 16.1 Å². The standard InChI is InChI=1S/C27H20FN3O4S3/c1-2-12-35-19-6-3-5-17(14-19)22-21(23(32)20-7-4-13-36-20)24(33)25(34)31(22)26-29-30-27(38-26)37-15-16-8-10-18(28)11-9-16/h2-11,13-14,22,33H,1,12,15H2. The van der Waals surface area contributed by atoms with Crippen molar-refractivity contribution in [2.75, 3.05) is 11.5 Å². The van der Waals surface area contributed by atoms with Crippen molar-refractivity contribution in [1.29, 1.82) is 0 Å². The number of rotatable bonds is 10. The Morgan fingerprint density at radius 3 is 2.74 bits per heavy atom. The number of thioether (sulfide) groups is 1. The zero-order chi connectivity index (χ0) is 26.6. The number of nitrogens with zero attached hydrogens (tertiary/aromatic N) is 3. The zero-order valence-electron chi connectivity index (χ0n) is 19.7. The SMILES string of the molecule is C=CCOc1cccc(C2C(C(=O)c3cccs3)=C(O)C(=O)N2c2nnc(SCc3ccc(F)cc3)s2)c1. The smallest absolute Gasteiger partial charge is 0.296 e. The van der Waals surface area contributed by atoms with E-state index in [9.17, 15) is 19.1 Å². The number of ketones is 1. The molecule has 0 bridgehead atoms. The number of carbonyl (C=O) groups excluding carboxylic acids is 2. The lowest BCUT2D eigenvalue weighted by atomic mass is 9.95. The molecule has 1 N–H and O–H groups in total. The summed E-state index contributed by atoms with van der Waals surface area (Å²) in [6.45, 7) is 3.94. The fourth-order valence-corrected chi connectivity index (χ4v) is 6.41. The van der Waals surface area contributed by atoms with Crippen LogP contribution < -0.4 is 9.64 Å². The summed E-state index contributed by atoms with van der Waals surface area (Å²) in [5.74, 6) is -1.06. The number of anilines is 1. The molecule has 7 nitrogen and oxygen atoms in total. The third-order valence-electron chi connectivity index (χ3n) is 5.62. The molecule has 2 aromatic carbocycles. The molecule has 1 aliphatic heterocycles. The van der Waals surface area contributed by atoms with Crippen molar-refractivity contribution < 1.29 is 23.8 Å². The molecule has 1 aliphatic rings. The molecular weight excluding hydrogens is 546 g/mol. The Morgan fingerprint density at radius 1 is 1.18 bits per heavy atom. The van der Waals surface area contributed by atoms with Crippen molar-refractivity contribution in [1.82, 2.24) is 10.2 Å². The van der Waals surface area contributed by atoms with E-state index in [1.54, 1.807) is 60.0 Å². The minimum atomic E-state index is -0.938. The largest absolute Gasteiger partial charge is 0.503 e. The Balaban J connectivity index is 1.49. The number of carbonyl (C=O) groups is 2. The Hall–Kier alpha value is -3.80. The lowest BCUT2D eigenvalue weighted by molar-refractivity contribution is -0.117. The van der Waals surface area contributed by atoms with E-state index >= 15 is 0 Å². The van der Waals surface area contributed by atoms with Gasteiger partial charge in [0.1, 0.15) is 18.2 Å². The monoisotopic (exact) mass is 565 g/mol. The molecule has 4 aromatic rings. The first-order chi connectivity index (χ1) is 18.5. The summed E-state index contributed by atoms with van der Waals surface area (Å²) in [4.78, 5) is 28.5. The van der Waals surface area contributed by atoms with E-state index in [1.165, 1.54) is 51.5 Å². The van der Waals surface area contributed by atoms with Crippen LogP contribution >= 0.6 is 34.4 Å². The van der Waals surface area contributed by atoms with Gasteiger partial charge in [-0.3, -0.25) is 14.5 Å². The first kappa shape index (κ1) is 25.8. The van der Waals surface area contributed by atoms with Crippen molar-refractivity contribution in [3.05, 3.63) is 112 Å². The van der Waals surface area contributed by atoms with E-state index in [2.05, 4.69) is 16.8 Å². The first-order valence-electron chi connectivity index (χ1n) is 11.4. The fraction of sp³-hybridized carbons (Fsp3) is 0.111. The van der Waals surface area contributed by atoms with Gasteiger partial charge in [-0.1, -0.05) is 66.1 Å². The number of aliphatic hydroxyl groups excluding tert-OH is 1. The molecule has 2 aromatic heterocycles. The lowest BCUT2D eigenvalue weighted by Gasteiger charge is -2.24. The van der Waals surface area contributed by atoms with Gasteiger partial charge in [0.25, 0.3) is 5.91 Å². The van der Waals surface area contributed by atoms with Crippen LogP contribution in [0.25, 0.3) is 0 Å². The zero-order valence-corrected chi connectivity index (χ0v) is 22.2. The predicted molar refractivity (Wildman–Crippen MR) is 147 cm³/mol. The highest BCUT2D eigenvalue weighted by molar-refractivity contribution is 8.00. The van der Waals surface area contributed by atoms with E-state index in [4.69, 9.17) is 4.74 Å². The van der Waals surface area contributed by atoms with Gasteiger partial charge in [-0.15, -0.1) is 21.5 Å². The maximum absolute atomic E-state index is 13.5. The predicted octanol–water partition coefficient (Wildman–Crippen LogP) is 6.38. The highest BCUT2D eigenvalue weighted by atomic mass is 32.2. The van der Waals surface area contributed by atoms with Crippen LogP contribution in [0.5, 0.6) is 5.75 Å². The molecule has 3 heterocycles. The van der Waals surface area contributed by atoms with Crippen LogP contribution in [-0.2, 0) is 10.5 Å². The van der Waals surface area contributed by atoms with Gasteiger partial charge < -0.3 is 9.84 Å². The number of amides is 1. The molecule has 0 spiro atoms. The number of hydrogen-bond acceptors (Lipinski definition) is 9. The van der Waals surface area contributed by atoms with Crippen LogP contribution in [-0.4, -0.2) is 33.6 Å². The minimum Gasteiger partial charge on any atom is -0.503 e. The molecule has 5 rings (SSSR count). The van der Waals surface area contributed by atoms with E-state index in [-0.39, 0.29) is 23.1 Å². The number of benzene rings is 2. The average Bonchev–Trinajstić information content (AvgIpc) is 3.68. The first-order valence-corrected chi connectivity index (χ1v) is 14.0. The Bertz CT molecular complexity index is 1520. The van der Waals surface area contributed by atoms with Gasteiger partial charge in [0.05, 0.1) is 16.5 Å². The Kier molecular flexibility index (Phi) is 7.68. The molecular formula is C27H20FN3O4S3. The molecule has 1 unspecified atom stereocenters. The van der Waals surface area contributed by atoms with E-state index in [0.717, 1.165) is 5.56 Å². The van der Waals surface area contributed by atoms with Gasteiger partial charge in [0.15, 0.2) is 10.1 Å². The topological polar surface area (TPSA) is 92.6 Å². The number of ether oxygens (including phenoxy) is 1. The quantitative estimate of drug-likeness (QED) is 0.103. The van der Waals surface area contributed by atoms with Crippen LogP contribution in [0, 0.1) is 5.82 Å². The van der Waals surface area contributed by atoms with Gasteiger partial charge in [-0.25, -0.2) is 4.39 Å². The summed E-state index contributed by atoms with van der Waals surface area (Å²) in [6.07, 6.45) is 1.61. The second kappa shape index (κ2) is 11.3. The lowest BCUT2D eigenvalue weighted by Crippen LogP contribution is -2.31. The third kappa shape index (κ3) is 5.26. The second-order valence-corrected chi connectivity index (χ2v) is 11.2. The van der Waals surface area contributed by atoms with Crippen molar-refractivity contribution in [3.8, 4) is 5.75 Å². The van der Waals surface area contributed by atoms with Gasteiger partial charge in [-0.2, -0.15) is 0 Å². The molecule has 0 aliphatic carbocycles. The van der Waals surface area contributed by atoms with E-state index in [0.29, 0.717) is 26.3 Å². The summed E-state index contributed by atoms with van der Waals surface area (Å²) in [6, 6.07) is 15.6. The molecule has 11 heteroatoms. The van der Waals surface area contributed by atoms with E-state index < -0.39 is 23.5 Å². The van der Waals surface area contributed by atoms with Crippen LogP contribution in [0.15, 0.2) is 94.4 Å². The van der Waals surface area contributed by atoms with Gasteiger partial charge in [0, 0.05) is 5.75 Å². The van der Waals surface area contributed by atoms with Crippen LogP contribution in [0.1, 0.15) is 26.8 Å². The molecule has 192 valence electrons. The van der Waals surface area contributed by atoms with Crippen LogP contribution in [0.3, 0.4) is 0 Å². The molecule has 0 radical (unpaired) electrons. The highest BCUT2D eigenvalue weighted by Crippen LogP contribution is 2.44. The fourth-order valence-electron chi connectivity index (χ4n) is 3.90. The number of halogens is 1. The van der Waals surface area contributed by atoms with Crippen molar-refractivity contribution >= 4 is 51.3 Å². The molecule has 0 fully saturated rings. The average molecular weight is 566 g/mol. The molecule has 0 saturated heterocycles. The van der Waals surface area contributed by atoms with Crippen molar-refractivity contribution in [3.63, 3.8) is 0 Å². The third-order valence-corrected chi connectivity index (χ3v) is 8.61. The maximum Gasteiger partial charge on any atom is 0.296 e.